The molecule has 38 heavy (non-hydrogen) atoms. The number of hydrogen-bond acceptors (Lipinski definition) is 10. The molecule has 11 nitrogen and oxygen atoms in total. The molecular weight excluding hydrogens is 494 g/mol. The fraction of sp³-hybridized carbons (Fsp3) is 0.407. The number of amides is 1. The van der Waals surface area contributed by atoms with E-state index in [2.05, 4.69) is 11.8 Å². The lowest BCUT2D eigenvalue weighted by Crippen LogP contribution is -2.63. The molecule has 1 amide bonds. The number of primary amides is 1. The summed E-state index contributed by atoms with van der Waals surface area (Å²) in [5, 5.41) is 44.9. The minimum atomic E-state index is -2.71. The van der Waals surface area contributed by atoms with Crippen molar-refractivity contribution in [3.8, 4) is 17.6 Å². The number of nitrogens with two attached hydrogens (primary N) is 1. The highest BCUT2D eigenvalue weighted by Gasteiger charge is 2.63. The fourth-order valence-electron chi connectivity index (χ4n) is 5.95. The standard InChI is InChI=1S/C27H29N3O8/c1-11(31)6-7-12-10-16(29(2)3)14-8-13-9-15-20(30(4)5)23(34)19(26(28)37)25(36)27(15,38)24(35)17(13)22(33)18(14)21(12)32/h10,13,15,20,32,34-35,38H,8-9H2,1-5H3,(H2,28,37). The number of aromatic hydroxyl groups is 1. The summed E-state index contributed by atoms with van der Waals surface area (Å²) in [6, 6.07) is 0.498. The van der Waals surface area contributed by atoms with Crippen LogP contribution in [0.1, 0.15) is 34.8 Å². The van der Waals surface area contributed by atoms with Crippen LogP contribution in [0.4, 0.5) is 5.69 Å². The Hall–Kier alpha value is -4.14. The number of rotatable bonds is 3. The van der Waals surface area contributed by atoms with Gasteiger partial charge in [-0.15, -0.1) is 0 Å². The summed E-state index contributed by atoms with van der Waals surface area (Å²) >= 11 is 0. The Bertz CT molecular complexity index is 1440. The third-order valence-corrected chi connectivity index (χ3v) is 7.55. The van der Waals surface area contributed by atoms with E-state index in [-0.39, 0.29) is 29.5 Å². The molecule has 0 heterocycles. The molecule has 0 saturated heterocycles. The molecule has 11 heteroatoms. The number of aliphatic hydroxyl groups is 3. The fourth-order valence-corrected chi connectivity index (χ4v) is 5.95. The Labute approximate surface area is 218 Å². The maximum atomic E-state index is 13.9. The lowest BCUT2D eigenvalue weighted by Gasteiger charge is -2.50. The van der Waals surface area contributed by atoms with Crippen molar-refractivity contribution in [3.63, 3.8) is 0 Å². The van der Waals surface area contributed by atoms with Crippen molar-refractivity contribution < 1.29 is 39.6 Å². The molecule has 3 aliphatic carbocycles. The van der Waals surface area contributed by atoms with Gasteiger partial charge in [0.2, 0.25) is 11.6 Å². The average Bonchev–Trinajstić information content (AvgIpc) is 2.80. The molecule has 0 saturated carbocycles. The molecule has 0 bridgehead atoms. The second-order valence-electron chi connectivity index (χ2n) is 10.3. The molecule has 4 unspecified atom stereocenters. The number of phenolic OH excluding ortho intramolecular Hbond substituents is 1. The van der Waals surface area contributed by atoms with E-state index in [0.29, 0.717) is 11.3 Å². The lowest BCUT2D eigenvalue weighted by molar-refractivity contribution is -0.148. The smallest absolute Gasteiger partial charge is 0.255 e. The SMILES string of the molecule is CC(=O)C#Cc1cc(N(C)C)c2c(c1O)C(=O)C1=C(O)C3(O)C(=O)C(C(N)=O)=C(O)C(N(C)C)C3CC1C2. The molecule has 0 radical (unpaired) electrons. The van der Waals surface area contributed by atoms with Gasteiger partial charge in [0.15, 0.2) is 11.4 Å². The molecule has 0 fully saturated rings. The molecule has 4 rings (SSSR count). The summed E-state index contributed by atoms with van der Waals surface area (Å²) < 4.78 is 0. The van der Waals surface area contributed by atoms with E-state index >= 15 is 0 Å². The van der Waals surface area contributed by atoms with Crippen LogP contribution in [-0.4, -0.2) is 88.4 Å². The van der Waals surface area contributed by atoms with Gasteiger partial charge in [-0.3, -0.25) is 24.1 Å². The first-order chi connectivity index (χ1) is 17.6. The van der Waals surface area contributed by atoms with Crippen LogP contribution in [0.5, 0.6) is 5.75 Å². The maximum absolute atomic E-state index is 13.9. The summed E-state index contributed by atoms with van der Waals surface area (Å²) in [6.45, 7) is 1.25. The van der Waals surface area contributed by atoms with Gasteiger partial charge in [0.05, 0.1) is 17.2 Å². The van der Waals surface area contributed by atoms with Gasteiger partial charge in [0.1, 0.15) is 22.8 Å². The molecule has 4 atom stereocenters. The average molecular weight is 524 g/mol. The van der Waals surface area contributed by atoms with Crippen LogP contribution in [0.2, 0.25) is 0 Å². The molecule has 200 valence electrons. The normalized spacial score (nSPS) is 26.3. The van der Waals surface area contributed by atoms with E-state index in [9.17, 15) is 39.6 Å². The van der Waals surface area contributed by atoms with Gasteiger partial charge in [-0.25, -0.2) is 0 Å². The highest BCUT2D eigenvalue weighted by Crippen LogP contribution is 2.53. The van der Waals surface area contributed by atoms with Gasteiger partial charge in [-0.2, -0.15) is 0 Å². The number of aliphatic hydroxyl groups excluding tert-OH is 2. The van der Waals surface area contributed by atoms with Crippen LogP contribution in [-0.2, 0) is 20.8 Å². The second kappa shape index (κ2) is 9.01. The first-order valence-electron chi connectivity index (χ1n) is 11.9. The monoisotopic (exact) mass is 523 g/mol. The first-order valence-corrected chi connectivity index (χ1v) is 11.9. The zero-order chi connectivity index (χ0) is 28.4. The van der Waals surface area contributed by atoms with E-state index in [4.69, 9.17) is 5.73 Å². The number of fused-ring (bicyclic) bond motifs is 3. The minimum absolute atomic E-state index is 0.00864. The Morgan fingerprint density at radius 3 is 2.29 bits per heavy atom. The number of carbonyl (C=O) groups excluding carboxylic acids is 4. The van der Waals surface area contributed by atoms with Gasteiger partial charge in [-0.1, -0.05) is 5.92 Å². The molecular formula is C27H29N3O8. The van der Waals surface area contributed by atoms with Gasteiger partial charge in [0.25, 0.3) is 5.91 Å². The molecule has 0 aromatic heterocycles. The molecule has 0 spiro atoms. The van der Waals surface area contributed by atoms with Crippen molar-refractivity contribution in [1.29, 1.82) is 0 Å². The van der Waals surface area contributed by atoms with Gasteiger partial charge >= 0.3 is 0 Å². The molecule has 0 aliphatic heterocycles. The van der Waals surface area contributed by atoms with E-state index in [1.54, 1.807) is 39.2 Å². The number of anilines is 1. The summed E-state index contributed by atoms with van der Waals surface area (Å²) in [7, 11) is 6.61. The van der Waals surface area contributed by atoms with Crippen molar-refractivity contribution in [3.05, 3.63) is 45.4 Å². The molecule has 1 aromatic carbocycles. The second-order valence-corrected chi connectivity index (χ2v) is 10.3. The maximum Gasteiger partial charge on any atom is 0.255 e. The number of likely N-dealkylation sites (N-methyl/N-ethyl adjacent to an activating group) is 1. The number of Topliss-reactive ketones (excluding diaryl/α,β-unsaturated/α-hetero) is 3. The predicted molar refractivity (Wildman–Crippen MR) is 136 cm³/mol. The topological polar surface area (TPSA) is 182 Å². The van der Waals surface area contributed by atoms with Crippen molar-refractivity contribution in [2.75, 3.05) is 33.1 Å². The van der Waals surface area contributed by atoms with Crippen molar-refractivity contribution in [1.82, 2.24) is 4.90 Å². The molecule has 6 N–H and O–H groups in total. The largest absolute Gasteiger partial charge is 0.510 e. The third-order valence-electron chi connectivity index (χ3n) is 7.55. The highest BCUT2D eigenvalue weighted by atomic mass is 16.3. The molecule has 1 aromatic rings. The van der Waals surface area contributed by atoms with Crippen LogP contribution in [0.3, 0.4) is 0 Å². The van der Waals surface area contributed by atoms with Crippen LogP contribution in [0.25, 0.3) is 0 Å². The van der Waals surface area contributed by atoms with E-state index in [0.717, 1.165) is 0 Å². The highest BCUT2D eigenvalue weighted by molar-refractivity contribution is 6.25. The number of allylic oxidation sites excluding steroid dienone is 1. The Morgan fingerprint density at radius 2 is 1.76 bits per heavy atom. The van der Waals surface area contributed by atoms with Gasteiger partial charge in [0, 0.05) is 38.2 Å². The van der Waals surface area contributed by atoms with E-state index in [1.165, 1.54) is 11.8 Å². The number of benzene rings is 1. The number of ketones is 3. The van der Waals surface area contributed by atoms with Gasteiger partial charge in [-0.05, 0) is 50.4 Å². The zero-order valence-corrected chi connectivity index (χ0v) is 21.6. The number of phenols is 1. The number of carbonyl (C=O) groups is 4. The van der Waals surface area contributed by atoms with Crippen LogP contribution in [0, 0.1) is 23.7 Å². The van der Waals surface area contributed by atoms with Crippen LogP contribution in [0.15, 0.2) is 28.7 Å². The Kier molecular flexibility index (Phi) is 6.38. The van der Waals surface area contributed by atoms with E-state index in [1.807, 2.05) is 0 Å². The lowest BCUT2D eigenvalue weighted by atomic mass is 9.58. The zero-order valence-electron chi connectivity index (χ0n) is 21.6. The first kappa shape index (κ1) is 26.9. The van der Waals surface area contributed by atoms with Crippen LogP contribution >= 0.6 is 0 Å². The third kappa shape index (κ3) is 3.68. The van der Waals surface area contributed by atoms with Crippen molar-refractivity contribution in [2.24, 2.45) is 17.6 Å². The van der Waals surface area contributed by atoms with Crippen molar-refractivity contribution >= 4 is 28.9 Å². The summed E-state index contributed by atoms with van der Waals surface area (Å²) in [6.07, 6.45) is 0.140. The van der Waals surface area contributed by atoms with Gasteiger partial charge < -0.3 is 31.1 Å². The number of hydrogen-bond donors (Lipinski definition) is 5. The van der Waals surface area contributed by atoms with Crippen molar-refractivity contribution in [2.45, 2.75) is 31.4 Å². The molecule has 3 aliphatic rings. The Balaban J connectivity index is 2.00. The Morgan fingerprint density at radius 1 is 1.13 bits per heavy atom. The summed E-state index contributed by atoms with van der Waals surface area (Å²) in [5.74, 6) is -2.80. The minimum Gasteiger partial charge on any atom is -0.510 e. The van der Waals surface area contributed by atoms with Crippen LogP contribution < -0.4 is 10.6 Å². The predicted octanol–water partition coefficient (Wildman–Crippen LogP) is 0.127. The quantitative estimate of drug-likeness (QED) is 0.270. The summed E-state index contributed by atoms with van der Waals surface area (Å²) in [5.41, 5.74) is 2.39. The van der Waals surface area contributed by atoms with E-state index < -0.39 is 69.6 Å². The summed E-state index contributed by atoms with van der Waals surface area (Å²) in [4.78, 5) is 53.9. The number of nitrogens with zero attached hydrogens (tertiary/aromatic N) is 2.